The average Bonchev–Trinajstić information content (AvgIpc) is 3.30. The molecule has 0 radical (unpaired) electrons. The number of allylic oxidation sites excluding steroid dienone is 1. The van der Waals surface area contributed by atoms with Crippen LogP contribution >= 0.6 is 0 Å². The van der Waals surface area contributed by atoms with Crippen LogP contribution in [0.3, 0.4) is 0 Å². The molecule has 1 fully saturated rings. The lowest BCUT2D eigenvalue weighted by Crippen LogP contribution is -2.45. The van der Waals surface area contributed by atoms with Crippen molar-refractivity contribution in [3.8, 4) is 11.8 Å². The number of H-pyrrole nitrogens is 1. The van der Waals surface area contributed by atoms with Crippen molar-refractivity contribution in [1.29, 1.82) is 0 Å². The lowest BCUT2D eigenvalue weighted by atomic mass is 9.73. The van der Waals surface area contributed by atoms with Gasteiger partial charge in [-0.2, -0.15) is 5.10 Å². The minimum Gasteiger partial charge on any atom is -0.355 e. The molecule has 1 aliphatic carbocycles. The SMILES string of the molecule is C=C(C)C#Cc1[nH]nc2nc(N3CCC4(CC3)Cc3ncccc3[C@H]4N)c(C(F)F)nc12. The minimum absolute atomic E-state index is 0.0997. The number of fused-ring (bicyclic) bond motifs is 2. The molecule has 1 spiro atoms. The van der Waals surface area contributed by atoms with E-state index in [-0.39, 0.29) is 34.1 Å². The van der Waals surface area contributed by atoms with Crippen LogP contribution < -0.4 is 10.6 Å². The van der Waals surface area contributed by atoms with Crippen LogP contribution in [0.25, 0.3) is 11.2 Å². The second kappa shape index (κ2) is 7.64. The average molecular weight is 435 g/mol. The van der Waals surface area contributed by atoms with Crippen LogP contribution in [0.4, 0.5) is 14.6 Å². The number of nitrogens with one attached hydrogen (secondary N) is 1. The Kier molecular flexibility index (Phi) is 4.90. The van der Waals surface area contributed by atoms with E-state index in [1.54, 1.807) is 13.1 Å². The summed E-state index contributed by atoms with van der Waals surface area (Å²) >= 11 is 0. The largest absolute Gasteiger partial charge is 0.355 e. The highest BCUT2D eigenvalue weighted by molar-refractivity contribution is 5.78. The lowest BCUT2D eigenvalue weighted by Gasteiger charge is -2.42. The first-order valence-corrected chi connectivity index (χ1v) is 10.5. The Morgan fingerprint density at radius 1 is 1.34 bits per heavy atom. The third-order valence-electron chi connectivity index (χ3n) is 6.50. The van der Waals surface area contributed by atoms with E-state index in [1.165, 1.54) is 0 Å². The third kappa shape index (κ3) is 3.31. The molecule has 2 aliphatic rings. The van der Waals surface area contributed by atoms with Crippen LogP contribution in [-0.4, -0.2) is 38.2 Å². The van der Waals surface area contributed by atoms with E-state index in [2.05, 4.69) is 43.6 Å². The summed E-state index contributed by atoms with van der Waals surface area (Å²) in [6, 6.07) is 3.84. The van der Waals surface area contributed by atoms with E-state index in [1.807, 2.05) is 17.0 Å². The van der Waals surface area contributed by atoms with Crippen molar-refractivity contribution in [2.75, 3.05) is 18.0 Å². The van der Waals surface area contributed by atoms with Gasteiger partial charge in [0.05, 0.1) is 0 Å². The Labute approximate surface area is 184 Å². The minimum atomic E-state index is -2.77. The third-order valence-corrected chi connectivity index (χ3v) is 6.50. The first-order chi connectivity index (χ1) is 15.4. The number of halogens is 2. The Hall–Kier alpha value is -3.38. The molecule has 1 atom stereocenters. The quantitative estimate of drug-likeness (QED) is 0.599. The molecule has 3 aromatic rings. The number of aromatic nitrogens is 5. The number of hydrogen-bond donors (Lipinski definition) is 2. The summed E-state index contributed by atoms with van der Waals surface area (Å²) in [6.45, 7) is 6.61. The number of alkyl halides is 2. The molecule has 4 heterocycles. The zero-order valence-electron chi connectivity index (χ0n) is 17.7. The Morgan fingerprint density at radius 3 is 2.81 bits per heavy atom. The summed E-state index contributed by atoms with van der Waals surface area (Å²) in [4.78, 5) is 15.0. The van der Waals surface area contributed by atoms with Crippen molar-refractivity contribution >= 4 is 17.0 Å². The molecule has 0 unspecified atom stereocenters. The maximum Gasteiger partial charge on any atom is 0.284 e. The van der Waals surface area contributed by atoms with Crippen LogP contribution in [0.2, 0.25) is 0 Å². The fraction of sp³-hybridized carbons (Fsp3) is 0.391. The Morgan fingerprint density at radius 2 is 2.12 bits per heavy atom. The van der Waals surface area contributed by atoms with Crippen molar-refractivity contribution in [2.45, 2.75) is 38.7 Å². The van der Waals surface area contributed by atoms with E-state index in [0.717, 1.165) is 30.5 Å². The molecule has 0 aromatic carbocycles. The number of anilines is 1. The van der Waals surface area contributed by atoms with Crippen LogP contribution in [0, 0.1) is 17.3 Å². The van der Waals surface area contributed by atoms with E-state index < -0.39 is 6.43 Å². The highest BCUT2D eigenvalue weighted by Crippen LogP contribution is 2.50. The monoisotopic (exact) mass is 435 g/mol. The summed E-state index contributed by atoms with van der Waals surface area (Å²) in [5.74, 6) is 5.81. The highest BCUT2D eigenvalue weighted by atomic mass is 19.3. The number of hydrogen-bond acceptors (Lipinski definition) is 6. The molecule has 7 nitrogen and oxygen atoms in total. The molecule has 3 N–H and O–H groups in total. The molecule has 0 amide bonds. The van der Waals surface area contributed by atoms with Gasteiger partial charge < -0.3 is 10.6 Å². The van der Waals surface area contributed by atoms with Crippen molar-refractivity contribution in [2.24, 2.45) is 11.1 Å². The van der Waals surface area contributed by atoms with Gasteiger partial charge in [0.15, 0.2) is 5.82 Å². The fourth-order valence-corrected chi connectivity index (χ4v) is 4.78. The van der Waals surface area contributed by atoms with Gasteiger partial charge in [-0.15, -0.1) is 0 Å². The number of nitrogens with two attached hydrogens (primary N) is 1. The molecule has 1 aliphatic heterocycles. The summed E-state index contributed by atoms with van der Waals surface area (Å²) in [5, 5.41) is 6.88. The maximum absolute atomic E-state index is 14.0. The second-order valence-corrected chi connectivity index (χ2v) is 8.58. The van der Waals surface area contributed by atoms with Gasteiger partial charge in [0.2, 0.25) is 5.65 Å². The number of rotatable bonds is 2. The molecule has 0 bridgehead atoms. The van der Waals surface area contributed by atoms with Crippen LogP contribution in [-0.2, 0) is 6.42 Å². The smallest absolute Gasteiger partial charge is 0.284 e. The zero-order valence-corrected chi connectivity index (χ0v) is 17.7. The van der Waals surface area contributed by atoms with Gasteiger partial charge in [-0.25, -0.2) is 18.7 Å². The van der Waals surface area contributed by atoms with Crippen molar-refractivity contribution in [1.82, 2.24) is 25.1 Å². The predicted molar refractivity (Wildman–Crippen MR) is 117 cm³/mol. The van der Waals surface area contributed by atoms with Gasteiger partial charge in [-0.05, 0) is 54.7 Å². The summed E-state index contributed by atoms with van der Waals surface area (Å²) in [7, 11) is 0. The van der Waals surface area contributed by atoms with Gasteiger partial charge in [0.1, 0.15) is 16.9 Å². The second-order valence-electron chi connectivity index (χ2n) is 8.58. The zero-order chi connectivity index (χ0) is 22.5. The number of pyridine rings is 1. The van der Waals surface area contributed by atoms with Crippen LogP contribution in [0.1, 0.15) is 54.9 Å². The Balaban J connectivity index is 1.44. The van der Waals surface area contributed by atoms with Gasteiger partial charge in [-0.3, -0.25) is 10.1 Å². The highest BCUT2D eigenvalue weighted by Gasteiger charge is 2.47. The van der Waals surface area contributed by atoms with E-state index in [0.29, 0.717) is 24.4 Å². The van der Waals surface area contributed by atoms with Crippen molar-refractivity contribution in [3.05, 3.63) is 53.1 Å². The van der Waals surface area contributed by atoms with Gasteiger partial charge in [0.25, 0.3) is 6.43 Å². The Bertz CT molecular complexity index is 1260. The number of nitrogens with zero attached hydrogens (tertiary/aromatic N) is 5. The molecule has 32 heavy (non-hydrogen) atoms. The summed E-state index contributed by atoms with van der Waals surface area (Å²) in [6.07, 6.45) is 1.37. The fourth-order valence-electron chi connectivity index (χ4n) is 4.78. The first kappa shape index (κ1) is 20.5. The van der Waals surface area contributed by atoms with Crippen LogP contribution in [0.15, 0.2) is 30.5 Å². The topological polar surface area (TPSA) is 96.6 Å². The summed E-state index contributed by atoms with van der Waals surface area (Å²) < 4.78 is 27.9. The molecule has 9 heteroatoms. The van der Waals surface area contributed by atoms with Crippen molar-refractivity contribution in [3.63, 3.8) is 0 Å². The standard InChI is InChI=1S/C23H23F2N7/c1-13(2)5-6-15-17-21(31-30-15)29-22(18(28-17)20(24)25)32-10-7-23(8-11-32)12-16-14(19(23)26)4-3-9-27-16/h3-4,9,19-20H,1,7-8,10-12,26H2,2H3,(H,29,30,31)/t19-/m1/s1. The first-order valence-electron chi connectivity index (χ1n) is 10.5. The van der Waals surface area contributed by atoms with Crippen LogP contribution in [0.5, 0.6) is 0 Å². The molecular weight excluding hydrogens is 412 g/mol. The lowest BCUT2D eigenvalue weighted by molar-refractivity contribution is 0.145. The summed E-state index contributed by atoms with van der Waals surface area (Å²) in [5.41, 5.74) is 9.80. The van der Waals surface area contributed by atoms with E-state index >= 15 is 0 Å². The molecule has 5 rings (SSSR count). The van der Waals surface area contributed by atoms with Gasteiger partial charge in [0, 0.05) is 31.0 Å². The van der Waals surface area contributed by atoms with E-state index in [4.69, 9.17) is 5.73 Å². The van der Waals surface area contributed by atoms with Crippen molar-refractivity contribution < 1.29 is 8.78 Å². The normalized spacial score (nSPS) is 19.3. The molecular formula is C23H23F2N7. The van der Waals surface area contributed by atoms with Gasteiger partial charge in [-0.1, -0.05) is 18.6 Å². The predicted octanol–water partition coefficient (Wildman–Crippen LogP) is 3.46. The number of aromatic amines is 1. The molecule has 0 saturated carbocycles. The molecule has 1 saturated heterocycles. The van der Waals surface area contributed by atoms with E-state index in [9.17, 15) is 8.78 Å². The van der Waals surface area contributed by atoms with Gasteiger partial charge >= 0.3 is 0 Å². The molecule has 3 aromatic heterocycles. The number of piperidine rings is 1. The maximum atomic E-state index is 14.0. The molecule has 164 valence electrons.